The number of hydrogen-bond donors (Lipinski definition) is 1. The highest BCUT2D eigenvalue weighted by Crippen LogP contribution is 2.28. The second-order valence-corrected chi connectivity index (χ2v) is 8.57. The van der Waals surface area contributed by atoms with Gasteiger partial charge in [-0.15, -0.1) is 11.8 Å². The van der Waals surface area contributed by atoms with Gasteiger partial charge in [-0.05, 0) is 37.1 Å². The summed E-state index contributed by atoms with van der Waals surface area (Å²) in [5.74, 6) is -0.367. The molecular weight excluding hydrogens is 446 g/mol. The van der Waals surface area contributed by atoms with Crippen LogP contribution in [0.2, 0.25) is 10.0 Å². The summed E-state index contributed by atoms with van der Waals surface area (Å²) in [5.41, 5.74) is 1.12. The smallest absolute Gasteiger partial charge is 0.242 e. The number of nitrogens with zero attached hydrogens (tertiary/aromatic N) is 1. The molecule has 0 fully saturated rings. The summed E-state index contributed by atoms with van der Waals surface area (Å²) < 4.78 is 14.2. The van der Waals surface area contributed by atoms with Crippen LogP contribution >= 0.6 is 35.0 Å². The van der Waals surface area contributed by atoms with E-state index in [-0.39, 0.29) is 24.1 Å². The lowest BCUT2D eigenvalue weighted by atomic mass is 10.1. The van der Waals surface area contributed by atoms with Gasteiger partial charge in [0.2, 0.25) is 11.8 Å². The van der Waals surface area contributed by atoms with E-state index in [0.717, 1.165) is 12.0 Å². The van der Waals surface area contributed by atoms with Crippen molar-refractivity contribution in [2.45, 2.75) is 38.6 Å². The molecule has 0 aromatic heterocycles. The first-order valence-electron chi connectivity index (χ1n) is 9.66. The molecule has 0 saturated heterocycles. The summed E-state index contributed by atoms with van der Waals surface area (Å²) in [4.78, 5) is 26.8. The first-order valence-corrected chi connectivity index (χ1v) is 11.6. The molecule has 4 nitrogen and oxygen atoms in total. The maximum absolute atomic E-state index is 14.2. The van der Waals surface area contributed by atoms with E-state index >= 15 is 0 Å². The molecule has 0 unspecified atom stereocenters. The minimum absolute atomic E-state index is 0.0135. The highest BCUT2D eigenvalue weighted by molar-refractivity contribution is 7.99. The normalized spacial score (nSPS) is 11.8. The molecular formula is C22H25Cl2FN2O2S. The molecule has 0 radical (unpaired) electrons. The minimum atomic E-state index is -0.729. The first-order chi connectivity index (χ1) is 14.3. The Labute approximate surface area is 191 Å². The van der Waals surface area contributed by atoms with E-state index in [4.69, 9.17) is 23.2 Å². The van der Waals surface area contributed by atoms with Crippen molar-refractivity contribution in [3.63, 3.8) is 0 Å². The highest BCUT2D eigenvalue weighted by Gasteiger charge is 2.26. The molecule has 1 N–H and O–H groups in total. The van der Waals surface area contributed by atoms with E-state index < -0.39 is 11.9 Å². The summed E-state index contributed by atoms with van der Waals surface area (Å²) >= 11 is 13.7. The third-order valence-corrected chi connectivity index (χ3v) is 6.20. The Bertz CT molecular complexity index is 862. The van der Waals surface area contributed by atoms with Gasteiger partial charge in [-0.2, -0.15) is 0 Å². The first kappa shape index (κ1) is 24.5. The number of rotatable bonds is 10. The number of carbonyl (C=O) groups excluding carboxylic acids is 2. The highest BCUT2D eigenvalue weighted by atomic mass is 35.5. The average molecular weight is 471 g/mol. The van der Waals surface area contributed by atoms with Crippen LogP contribution in [0.3, 0.4) is 0 Å². The van der Waals surface area contributed by atoms with Crippen molar-refractivity contribution in [1.82, 2.24) is 10.2 Å². The van der Waals surface area contributed by atoms with Crippen molar-refractivity contribution in [2.75, 3.05) is 12.3 Å². The maximum atomic E-state index is 14.2. The fourth-order valence-corrected chi connectivity index (χ4v) is 4.43. The molecule has 0 aliphatic heterocycles. The van der Waals surface area contributed by atoms with Crippen LogP contribution < -0.4 is 5.32 Å². The van der Waals surface area contributed by atoms with Crippen molar-refractivity contribution in [3.8, 4) is 0 Å². The summed E-state index contributed by atoms with van der Waals surface area (Å²) in [5, 5.41) is 3.88. The third-order valence-electron chi connectivity index (χ3n) is 4.55. The van der Waals surface area contributed by atoms with Crippen LogP contribution in [0.15, 0.2) is 42.5 Å². The monoisotopic (exact) mass is 470 g/mol. The van der Waals surface area contributed by atoms with Crippen molar-refractivity contribution in [1.29, 1.82) is 0 Å². The molecule has 0 heterocycles. The number of hydrogen-bond acceptors (Lipinski definition) is 3. The van der Waals surface area contributed by atoms with Crippen LogP contribution in [-0.4, -0.2) is 35.1 Å². The predicted molar refractivity (Wildman–Crippen MR) is 122 cm³/mol. The SMILES string of the molecule is CCCNC(=O)[C@@H](C)N(Cc1ccccc1F)C(=O)CSCc1c(Cl)cccc1Cl. The molecule has 2 rings (SSSR count). The molecule has 30 heavy (non-hydrogen) atoms. The quantitative estimate of drug-likeness (QED) is 0.511. The van der Waals surface area contributed by atoms with Gasteiger partial charge in [0.1, 0.15) is 11.9 Å². The Morgan fingerprint density at radius 3 is 2.43 bits per heavy atom. The number of nitrogens with one attached hydrogen (secondary N) is 1. The van der Waals surface area contributed by atoms with Crippen LogP contribution in [0.4, 0.5) is 4.39 Å². The van der Waals surface area contributed by atoms with Crippen LogP contribution in [0.5, 0.6) is 0 Å². The standard InChI is InChI=1S/C22H25Cl2FN2O2S/c1-3-11-26-22(29)15(2)27(12-16-7-4-5-10-20(16)25)21(28)14-30-13-17-18(23)8-6-9-19(17)24/h4-10,15H,3,11-14H2,1-2H3,(H,26,29)/t15-/m1/s1. The second-order valence-electron chi connectivity index (χ2n) is 6.77. The zero-order chi connectivity index (χ0) is 22.1. The number of halogens is 3. The Balaban J connectivity index is 2.11. The van der Waals surface area contributed by atoms with Gasteiger partial charge in [0.25, 0.3) is 0 Å². The molecule has 0 bridgehead atoms. The number of benzene rings is 2. The molecule has 2 aromatic carbocycles. The number of thioether (sulfide) groups is 1. The zero-order valence-corrected chi connectivity index (χ0v) is 19.3. The molecule has 0 aliphatic rings. The molecule has 2 amide bonds. The number of amides is 2. The van der Waals surface area contributed by atoms with Crippen LogP contribution in [0, 0.1) is 5.82 Å². The van der Waals surface area contributed by atoms with E-state index in [1.165, 1.54) is 22.7 Å². The van der Waals surface area contributed by atoms with E-state index in [2.05, 4.69) is 5.32 Å². The van der Waals surface area contributed by atoms with E-state index in [1.54, 1.807) is 43.3 Å². The summed E-state index contributed by atoms with van der Waals surface area (Å²) in [6.45, 7) is 4.13. The van der Waals surface area contributed by atoms with Gasteiger partial charge in [-0.3, -0.25) is 9.59 Å². The Morgan fingerprint density at radius 1 is 1.13 bits per heavy atom. The summed E-state index contributed by atoms with van der Waals surface area (Å²) in [6, 6.07) is 10.8. The largest absolute Gasteiger partial charge is 0.354 e. The summed E-state index contributed by atoms with van der Waals surface area (Å²) in [7, 11) is 0. The van der Waals surface area contributed by atoms with Crippen molar-refractivity contribution < 1.29 is 14.0 Å². The van der Waals surface area contributed by atoms with Gasteiger partial charge in [-0.1, -0.05) is 54.4 Å². The molecule has 162 valence electrons. The van der Waals surface area contributed by atoms with Crippen LogP contribution in [-0.2, 0) is 21.9 Å². The average Bonchev–Trinajstić information content (AvgIpc) is 2.72. The third kappa shape index (κ3) is 6.89. The maximum Gasteiger partial charge on any atom is 0.242 e. The predicted octanol–water partition coefficient (Wildman–Crippen LogP) is 5.31. The van der Waals surface area contributed by atoms with Gasteiger partial charge in [0, 0.05) is 34.5 Å². The molecule has 0 aliphatic carbocycles. The molecule has 8 heteroatoms. The second kappa shape index (κ2) is 12.2. The van der Waals surface area contributed by atoms with Crippen LogP contribution in [0.25, 0.3) is 0 Å². The molecule has 0 saturated carbocycles. The number of carbonyl (C=O) groups is 2. The van der Waals surface area contributed by atoms with Gasteiger partial charge in [-0.25, -0.2) is 4.39 Å². The Hall–Kier alpha value is -1.76. The lowest BCUT2D eigenvalue weighted by molar-refractivity contribution is -0.138. The van der Waals surface area contributed by atoms with E-state index in [0.29, 0.717) is 27.9 Å². The fraction of sp³-hybridized carbons (Fsp3) is 0.364. The van der Waals surface area contributed by atoms with Gasteiger partial charge in [0.05, 0.1) is 5.75 Å². The minimum Gasteiger partial charge on any atom is -0.354 e. The van der Waals surface area contributed by atoms with Crippen molar-refractivity contribution in [3.05, 3.63) is 69.5 Å². The molecule has 0 spiro atoms. The molecule has 2 aromatic rings. The van der Waals surface area contributed by atoms with E-state index in [1.807, 2.05) is 6.92 Å². The van der Waals surface area contributed by atoms with E-state index in [9.17, 15) is 14.0 Å². The molecule has 1 atom stereocenters. The van der Waals surface area contributed by atoms with Crippen LogP contribution in [0.1, 0.15) is 31.4 Å². The summed E-state index contributed by atoms with van der Waals surface area (Å²) in [6.07, 6.45) is 0.786. The lowest BCUT2D eigenvalue weighted by Gasteiger charge is -2.29. The van der Waals surface area contributed by atoms with Gasteiger partial charge >= 0.3 is 0 Å². The van der Waals surface area contributed by atoms with Crippen molar-refractivity contribution >= 4 is 46.8 Å². The lowest BCUT2D eigenvalue weighted by Crippen LogP contribution is -2.48. The Kier molecular flexibility index (Phi) is 9.95. The zero-order valence-electron chi connectivity index (χ0n) is 17.0. The van der Waals surface area contributed by atoms with Crippen molar-refractivity contribution in [2.24, 2.45) is 0 Å². The van der Waals surface area contributed by atoms with Gasteiger partial charge < -0.3 is 10.2 Å². The topological polar surface area (TPSA) is 49.4 Å². The van der Waals surface area contributed by atoms with Gasteiger partial charge in [0.15, 0.2) is 0 Å². The fourth-order valence-electron chi connectivity index (χ4n) is 2.78. The Morgan fingerprint density at radius 2 is 1.80 bits per heavy atom.